The summed E-state index contributed by atoms with van der Waals surface area (Å²) in [4.78, 5) is 22.0. The van der Waals surface area contributed by atoms with Crippen LogP contribution in [-0.2, 0) is 25.7 Å². The Balaban J connectivity index is 1.56. The summed E-state index contributed by atoms with van der Waals surface area (Å²) < 4.78 is 43.6. The lowest BCUT2D eigenvalue weighted by atomic mass is 10.0. The summed E-state index contributed by atoms with van der Waals surface area (Å²) in [6, 6.07) is 10.2. The van der Waals surface area contributed by atoms with Crippen molar-refractivity contribution in [1.82, 2.24) is 14.9 Å². The topological polar surface area (TPSA) is 58.2 Å². The summed E-state index contributed by atoms with van der Waals surface area (Å²) in [5.74, 6) is 0.860. The second kappa shape index (κ2) is 8.36. The van der Waals surface area contributed by atoms with Crippen LogP contribution in [0.5, 0.6) is 5.75 Å². The SMILES string of the molecule is COc1cccc(CN2CCc3nc(-c4ccc(C(F)(F)F)cc4)[nH]c(=O)c3C2)c1Cl. The molecule has 1 aliphatic rings. The number of rotatable bonds is 4. The zero-order valence-electron chi connectivity index (χ0n) is 16.6. The highest BCUT2D eigenvalue weighted by molar-refractivity contribution is 6.32. The van der Waals surface area contributed by atoms with E-state index >= 15 is 0 Å². The third kappa shape index (κ3) is 4.45. The molecule has 9 heteroatoms. The summed E-state index contributed by atoms with van der Waals surface area (Å²) >= 11 is 6.39. The van der Waals surface area contributed by atoms with Crippen LogP contribution in [0.2, 0.25) is 5.02 Å². The standard InChI is InChI=1S/C22H19ClF3N3O2/c1-31-18-4-2-3-14(19(18)23)11-29-10-9-17-16(12-29)21(30)28-20(27-17)13-5-7-15(8-6-13)22(24,25)26/h2-8H,9-12H2,1H3,(H,27,28,30). The van der Waals surface area contributed by atoms with E-state index in [4.69, 9.17) is 16.3 Å². The molecule has 0 amide bonds. The molecule has 162 valence electrons. The number of nitrogens with one attached hydrogen (secondary N) is 1. The molecule has 2 aromatic carbocycles. The molecular formula is C22H19ClF3N3O2. The maximum atomic E-state index is 12.8. The lowest BCUT2D eigenvalue weighted by Crippen LogP contribution is -2.35. The lowest BCUT2D eigenvalue weighted by molar-refractivity contribution is -0.137. The van der Waals surface area contributed by atoms with Crippen LogP contribution in [-0.4, -0.2) is 28.5 Å². The predicted octanol–water partition coefficient (Wildman–Crippen LogP) is 4.68. The third-order valence-corrected chi connectivity index (χ3v) is 5.72. The quantitative estimate of drug-likeness (QED) is 0.628. The van der Waals surface area contributed by atoms with Gasteiger partial charge in [0.15, 0.2) is 0 Å². The first-order valence-electron chi connectivity index (χ1n) is 9.59. The number of hydrogen-bond acceptors (Lipinski definition) is 4. The summed E-state index contributed by atoms with van der Waals surface area (Å²) in [7, 11) is 1.56. The van der Waals surface area contributed by atoms with Crippen LogP contribution >= 0.6 is 11.6 Å². The molecule has 4 rings (SSSR count). The fraction of sp³-hybridized carbons (Fsp3) is 0.273. The van der Waals surface area contributed by atoms with E-state index in [1.807, 2.05) is 12.1 Å². The molecule has 31 heavy (non-hydrogen) atoms. The van der Waals surface area contributed by atoms with Gasteiger partial charge in [-0.15, -0.1) is 0 Å². The van der Waals surface area contributed by atoms with Crippen molar-refractivity contribution in [2.45, 2.75) is 25.7 Å². The van der Waals surface area contributed by atoms with Crippen molar-refractivity contribution in [1.29, 1.82) is 0 Å². The van der Waals surface area contributed by atoms with E-state index in [2.05, 4.69) is 14.9 Å². The zero-order chi connectivity index (χ0) is 22.2. The molecule has 0 radical (unpaired) electrons. The van der Waals surface area contributed by atoms with E-state index in [1.54, 1.807) is 13.2 Å². The van der Waals surface area contributed by atoms with E-state index in [0.29, 0.717) is 53.6 Å². The van der Waals surface area contributed by atoms with E-state index in [1.165, 1.54) is 12.1 Å². The maximum absolute atomic E-state index is 12.8. The minimum absolute atomic E-state index is 0.266. The Bertz CT molecular complexity index is 1160. The summed E-state index contributed by atoms with van der Waals surface area (Å²) in [5.41, 5.74) is 1.51. The van der Waals surface area contributed by atoms with Gasteiger partial charge in [-0.1, -0.05) is 35.9 Å². The van der Waals surface area contributed by atoms with Crippen LogP contribution in [0.25, 0.3) is 11.4 Å². The molecule has 0 bridgehead atoms. The monoisotopic (exact) mass is 449 g/mol. The molecule has 0 saturated heterocycles. The Labute approximate surface area is 181 Å². The van der Waals surface area contributed by atoms with E-state index < -0.39 is 11.7 Å². The molecule has 1 aromatic heterocycles. The number of hydrogen-bond donors (Lipinski definition) is 1. The average molecular weight is 450 g/mol. The Morgan fingerprint density at radius 1 is 1.19 bits per heavy atom. The van der Waals surface area contributed by atoms with Gasteiger partial charge in [-0.25, -0.2) is 4.98 Å². The molecule has 0 spiro atoms. The second-order valence-electron chi connectivity index (χ2n) is 7.31. The van der Waals surface area contributed by atoms with Crippen LogP contribution < -0.4 is 10.3 Å². The van der Waals surface area contributed by atoms with Crippen molar-refractivity contribution in [2.24, 2.45) is 0 Å². The lowest BCUT2D eigenvalue weighted by Gasteiger charge is -2.28. The highest BCUT2D eigenvalue weighted by Gasteiger charge is 2.30. The minimum Gasteiger partial charge on any atom is -0.495 e. The van der Waals surface area contributed by atoms with Crippen LogP contribution in [0, 0.1) is 0 Å². The van der Waals surface area contributed by atoms with Crippen molar-refractivity contribution in [3.63, 3.8) is 0 Å². The molecule has 1 aliphatic heterocycles. The first kappa shape index (κ1) is 21.4. The summed E-state index contributed by atoms with van der Waals surface area (Å²) in [6.07, 6.45) is -3.86. The molecule has 1 N–H and O–H groups in total. The van der Waals surface area contributed by atoms with Crippen molar-refractivity contribution in [3.05, 3.63) is 80.2 Å². The van der Waals surface area contributed by atoms with Crippen molar-refractivity contribution in [3.8, 4) is 17.1 Å². The van der Waals surface area contributed by atoms with Gasteiger partial charge >= 0.3 is 6.18 Å². The van der Waals surface area contributed by atoms with Gasteiger partial charge in [0.2, 0.25) is 0 Å². The molecule has 0 atom stereocenters. The molecule has 0 saturated carbocycles. The van der Waals surface area contributed by atoms with Crippen molar-refractivity contribution >= 4 is 11.6 Å². The number of aromatic nitrogens is 2. The van der Waals surface area contributed by atoms with Crippen LogP contribution in [0.3, 0.4) is 0 Å². The van der Waals surface area contributed by atoms with Crippen LogP contribution in [0.15, 0.2) is 47.3 Å². The second-order valence-corrected chi connectivity index (χ2v) is 7.69. The molecule has 5 nitrogen and oxygen atoms in total. The van der Waals surface area contributed by atoms with Gasteiger partial charge in [0, 0.05) is 31.6 Å². The summed E-state index contributed by atoms with van der Waals surface area (Å²) in [5, 5.41) is 0.542. The number of methoxy groups -OCH3 is 1. The van der Waals surface area contributed by atoms with Crippen molar-refractivity contribution < 1.29 is 17.9 Å². The third-order valence-electron chi connectivity index (χ3n) is 5.29. The Morgan fingerprint density at radius 2 is 1.94 bits per heavy atom. The number of ether oxygens (including phenoxy) is 1. The Kier molecular flexibility index (Phi) is 5.77. The van der Waals surface area contributed by atoms with Gasteiger partial charge in [0.1, 0.15) is 11.6 Å². The minimum atomic E-state index is -4.41. The smallest absolute Gasteiger partial charge is 0.416 e. The highest BCUT2D eigenvalue weighted by atomic mass is 35.5. The fourth-order valence-electron chi connectivity index (χ4n) is 3.65. The molecular weight excluding hydrogens is 431 g/mol. The highest BCUT2D eigenvalue weighted by Crippen LogP contribution is 2.31. The van der Waals surface area contributed by atoms with Crippen LogP contribution in [0.4, 0.5) is 13.2 Å². The number of halogens is 4. The summed E-state index contributed by atoms with van der Waals surface area (Å²) in [6.45, 7) is 1.62. The number of benzene rings is 2. The predicted molar refractivity (Wildman–Crippen MR) is 111 cm³/mol. The number of aromatic amines is 1. The van der Waals surface area contributed by atoms with Gasteiger partial charge < -0.3 is 9.72 Å². The Hall–Kier alpha value is -2.84. The number of nitrogens with zero attached hydrogens (tertiary/aromatic N) is 2. The normalized spacial score (nSPS) is 14.4. The number of fused-ring (bicyclic) bond motifs is 1. The maximum Gasteiger partial charge on any atom is 0.416 e. The number of H-pyrrole nitrogens is 1. The molecule has 0 unspecified atom stereocenters. The zero-order valence-corrected chi connectivity index (χ0v) is 17.3. The van der Waals surface area contributed by atoms with E-state index in [-0.39, 0.29) is 11.4 Å². The number of alkyl halides is 3. The molecule has 0 aliphatic carbocycles. The first-order valence-corrected chi connectivity index (χ1v) is 9.97. The van der Waals surface area contributed by atoms with Gasteiger partial charge in [-0.05, 0) is 23.8 Å². The van der Waals surface area contributed by atoms with E-state index in [0.717, 1.165) is 17.7 Å². The average Bonchev–Trinajstić information content (AvgIpc) is 2.75. The van der Waals surface area contributed by atoms with Gasteiger partial charge in [-0.2, -0.15) is 13.2 Å². The fourth-order valence-corrected chi connectivity index (χ4v) is 3.91. The van der Waals surface area contributed by atoms with Crippen molar-refractivity contribution in [2.75, 3.05) is 13.7 Å². The Morgan fingerprint density at radius 3 is 2.61 bits per heavy atom. The molecule has 0 fully saturated rings. The molecule has 2 heterocycles. The van der Waals surface area contributed by atoms with Gasteiger partial charge in [-0.3, -0.25) is 9.69 Å². The van der Waals surface area contributed by atoms with Gasteiger partial charge in [0.25, 0.3) is 5.56 Å². The first-order chi connectivity index (χ1) is 14.8. The largest absolute Gasteiger partial charge is 0.495 e. The molecule has 3 aromatic rings. The van der Waals surface area contributed by atoms with Crippen LogP contribution in [0.1, 0.15) is 22.4 Å². The van der Waals surface area contributed by atoms with E-state index in [9.17, 15) is 18.0 Å². The van der Waals surface area contributed by atoms with Gasteiger partial charge in [0.05, 0.1) is 29.0 Å².